The minimum atomic E-state index is -0.252. The number of benzene rings is 2. The van der Waals surface area contributed by atoms with E-state index in [-0.39, 0.29) is 11.6 Å². The third-order valence-electron chi connectivity index (χ3n) is 2.69. The molecule has 0 saturated heterocycles. The van der Waals surface area contributed by atoms with Crippen LogP contribution in [0.4, 0.5) is 10.1 Å². The van der Waals surface area contributed by atoms with Crippen LogP contribution in [0.3, 0.4) is 0 Å². The van der Waals surface area contributed by atoms with Crippen molar-refractivity contribution in [2.24, 2.45) is 0 Å². The average molecular weight is 310 g/mol. The number of nitrogens with one attached hydrogen (secondary N) is 1. The van der Waals surface area contributed by atoms with Crippen molar-refractivity contribution < 1.29 is 9.50 Å². The van der Waals surface area contributed by atoms with Crippen LogP contribution in [0.25, 0.3) is 0 Å². The van der Waals surface area contributed by atoms with Crippen LogP contribution in [-0.4, -0.2) is 5.11 Å². The van der Waals surface area contributed by atoms with E-state index >= 15 is 0 Å². The van der Waals surface area contributed by atoms with Crippen molar-refractivity contribution in [1.82, 2.24) is 0 Å². The Labute approximate surface area is 114 Å². The van der Waals surface area contributed by atoms with Crippen LogP contribution >= 0.6 is 15.9 Å². The number of anilines is 1. The molecule has 0 bridgehead atoms. The number of hydrogen-bond acceptors (Lipinski definition) is 2. The Morgan fingerprint density at radius 1 is 1.22 bits per heavy atom. The number of hydrogen-bond donors (Lipinski definition) is 2. The van der Waals surface area contributed by atoms with Gasteiger partial charge in [-0.15, -0.1) is 0 Å². The summed E-state index contributed by atoms with van der Waals surface area (Å²) in [6.07, 6.45) is 0. The molecule has 0 aromatic heterocycles. The molecule has 0 saturated carbocycles. The Bertz CT molecular complexity index is 572. The molecule has 0 heterocycles. The van der Waals surface area contributed by atoms with Gasteiger partial charge in [-0.2, -0.15) is 0 Å². The maximum Gasteiger partial charge on any atom is 0.123 e. The van der Waals surface area contributed by atoms with Crippen LogP contribution in [-0.2, 0) is 6.54 Å². The van der Waals surface area contributed by atoms with Crippen molar-refractivity contribution in [1.29, 1.82) is 0 Å². The fraction of sp³-hybridized carbons (Fsp3) is 0.143. The van der Waals surface area contributed by atoms with Crippen LogP contribution < -0.4 is 5.32 Å². The maximum atomic E-state index is 13.1. The highest BCUT2D eigenvalue weighted by molar-refractivity contribution is 9.10. The van der Waals surface area contributed by atoms with E-state index in [9.17, 15) is 9.50 Å². The lowest BCUT2D eigenvalue weighted by Gasteiger charge is -2.11. The lowest BCUT2D eigenvalue weighted by atomic mass is 10.1. The topological polar surface area (TPSA) is 32.3 Å². The van der Waals surface area contributed by atoms with Gasteiger partial charge in [-0.05, 0) is 54.4 Å². The molecular formula is C14H13BrFNO. The average Bonchev–Trinajstić information content (AvgIpc) is 2.32. The zero-order chi connectivity index (χ0) is 13.1. The molecule has 0 amide bonds. The zero-order valence-electron chi connectivity index (χ0n) is 9.87. The van der Waals surface area contributed by atoms with E-state index in [0.717, 1.165) is 21.3 Å². The fourth-order valence-electron chi connectivity index (χ4n) is 1.72. The Morgan fingerprint density at radius 2 is 2.00 bits per heavy atom. The Balaban J connectivity index is 2.13. The van der Waals surface area contributed by atoms with Crippen molar-refractivity contribution in [3.05, 3.63) is 57.8 Å². The number of halogens is 2. The van der Waals surface area contributed by atoms with Gasteiger partial charge in [0, 0.05) is 16.7 Å². The molecule has 0 aliphatic rings. The molecule has 0 atom stereocenters. The number of phenolic OH excluding ortho intramolecular Hbond substituents is 1. The van der Waals surface area contributed by atoms with E-state index in [1.54, 1.807) is 24.3 Å². The zero-order valence-corrected chi connectivity index (χ0v) is 11.5. The van der Waals surface area contributed by atoms with Crippen LogP contribution in [0.15, 0.2) is 40.9 Å². The molecule has 0 aliphatic heterocycles. The van der Waals surface area contributed by atoms with Crippen molar-refractivity contribution in [3.8, 4) is 5.75 Å². The Kier molecular flexibility index (Phi) is 3.87. The first-order valence-electron chi connectivity index (χ1n) is 5.53. The van der Waals surface area contributed by atoms with E-state index in [4.69, 9.17) is 0 Å². The SMILES string of the molecule is Cc1cc(O)ccc1NCc1cc(F)ccc1Br. The molecule has 2 aromatic carbocycles. The summed E-state index contributed by atoms with van der Waals surface area (Å²) in [5.74, 6) is -0.0117. The van der Waals surface area contributed by atoms with Crippen molar-refractivity contribution in [3.63, 3.8) is 0 Å². The first kappa shape index (κ1) is 12.9. The van der Waals surface area contributed by atoms with Crippen LogP contribution in [0, 0.1) is 12.7 Å². The summed E-state index contributed by atoms with van der Waals surface area (Å²) in [6, 6.07) is 9.71. The molecule has 2 N–H and O–H groups in total. The predicted octanol–water partition coefficient (Wildman–Crippen LogP) is 4.21. The quantitative estimate of drug-likeness (QED) is 0.832. The van der Waals surface area contributed by atoms with Gasteiger partial charge in [-0.25, -0.2) is 4.39 Å². The molecule has 0 spiro atoms. The second-order valence-corrected chi connectivity index (χ2v) is 4.94. The molecule has 94 valence electrons. The van der Waals surface area contributed by atoms with Gasteiger partial charge in [0.25, 0.3) is 0 Å². The molecule has 0 fully saturated rings. The summed E-state index contributed by atoms with van der Waals surface area (Å²) in [5.41, 5.74) is 2.72. The van der Waals surface area contributed by atoms with Gasteiger partial charge in [0.2, 0.25) is 0 Å². The summed E-state index contributed by atoms with van der Waals surface area (Å²) in [7, 11) is 0. The lowest BCUT2D eigenvalue weighted by Crippen LogP contribution is -2.02. The predicted molar refractivity (Wildman–Crippen MR) is 74.3 cm³/mol. The van der Waals surface area contributed by atoms with E-state index in [1.807, 2.05) is 6.92 Å². The minimum absolute atomic E-state index is 0.241. The minimum Gasteiger partial charge on any atom is -0.508 e. The molecule has 2 nitrogen and oxygen atoms in total. The summed E-state index contributed by atoms with van der Waals surface area (Å²) in [6.45, 7) is 2.42. The third kappa shape index (κ3) is 3.01. The molecular weight excluding hydrogens is 297 g/mol. The van der Waals surface area contributed by atoms with Gasteiger partial charge in [0.05, 0.1) is 0 Å². The monoisotopic (exact) mass is 309 g/mol. The van der Waals surface area contributed by atoms with Gasteiger partial charge < -0.3 is 10.4 Å². The van der Waals surface area contributed by atoms with Gasteiger partial charge in [0.1, 0.15) is 11.6 Å². The van der Waals surface area contributed by atoms with Crippen molar-refractivity contribution in [2.75, 3.05) is 5.32 Å². The number of aromatic hydroxyl groups is 1. The van der Waals surface area contributed by atoms with Gasteiger partial charge >= 0.3 is 0 Å². The van der Waals surface area contributed by atoms with E-state index < -0.39 is 0 Å². The Hall–Kier alpha value is -1.55. The van der Waals surface area contributed by atoms with E-state index in [0.29, 0.717) is 6.54 Å². The molecule has 0 radical (unpaired) electrons. The molecule has 0 aliphatic carbocycles. The van der Waals surface area contributed by atoms with Crippen molar-refractivity contribution in [2.45, 2.75) is 13.5 Å². The molecule has 2 rings (SSSR count). The van der Waals surface area contributed by atoms with Crippen molar-refractivity contribution >= 4 is 21.6 Å². The second-order valence-electron chi connectivity index (χ2n) is 4.09. The van der Waals surface area contributed by atoms with Crippen LogP contribution in [0.1, 0.15) is 11.1 Å². The summed E-state index contributed by atoms with van der Waals surface area (Å²) in [5, 5.41) is 12.5. The molecule has 4 heteroatoms. The summed E-state index contributed by atoms with van der Waals surface area (Å²) >= 11 is 3.39. The smallest absolute Gasteiger partial charge is 0.123 e. The standard InChI is InChI=1S/C14H13BrFNO/c1-9-6-12(18)3-5-14(9)17-8-10-7-11(16)2-4-13(10)15/h2-7,17-18H,8H2,1H3. The van der Waals surface area contributed by atoms with E-state index in [1.165, 1.54) is 12.1 Å². The lowest BCUT2D eigenvalue weighted by molar-refractivity contribution is 0.475. The van der Waals surface area contributed by atoms with Crippen LogP contribution in [0.2, 0.25) is 0 Å². The van der Waals surface area contributed by atoms with Gasteiger partial charge in [-0.3, -0.25) is 0 Å². The largest absolute Gasteiger partial charge is 0.508 e. The highest BCUT2D eigenvalue weighted by atomic mass is 79.9. The van der Waals surface area contributed by atoms with Crippen LogP contribution in [0.5, 0.6) is 5.75 Å². The molecule has 2 aromatic rings. The van der Waals surface area contributed by atoms with E-state index in [2.05, 4.69) is 21.2 Å². The molecule has 0 unspecified atom stereocenters. The third-order valence-corrected chi connectivity index (χ3v) is 3.46. The highest BCUT2D eigenvalue weighted by Gasteiger charge is 2.03. The first-order chi connectivity index (χ1) is 8.56. The number of phenols is 1. The second kappa shape index (κ2) is 5.40. The normalized spacial score (nSPS) is 10.4. The van der Waals surface area contributed by atoms with Gasteiger partial charge in [-0.1, -0.05) is 15.9 Å². The van der Waals surface area contributed by atoms with Gasteiger partial charge in [0.15, 0.2) is 0 Å². The summed E-state index contributed by atoms with van der Waals surface area (Å²) < 4.78 is 14.0. The highest BCUT2D eigenvalue weighted by Crippen LogP contribution is 2.23. The Morgan fingerprint density at radius 3 is 2.72 bits per heavy atom. The first-order valence-corrected chi connectivity index (χ1v) is 6.33. The fourth-order valence-corrected chi connectivity index (χ4v) is 2.10. The molecule has 18 heavy (non-hydrogen) atoms. The maximum absolute atomic E-state index is 13.1. The number of aryl methyl sites for hydroxylation is 1. The summed E-state index contributed by atoms with van der Waals surface area (Å²) in [4.78, 5) is 0. The number of rotatable bonds is 3.